The SMILES string of the molecule is CC(=O)O[C@H]1CC[C@@]2(C)C(=CC[C@@H]3[C@@H]2CC[C@]2(C)C(=C(\C#N)C(N)=O)/C(=C/c4ccc(Cl)c(Cl)c4)C[C@@H]32)C1. The van der Waals surface area contributed by atoms with E-state index in [4.69, 9.17) is 33.7 Å². The van der Waals surface area contributed by atoms with Crippen molar-refractivity contribution in [1.82, 2.24) is 0 Å². The monoisotopic (exact) mass is 552 g/mol. The number of carbonyl (C=O) groups excluding carboxylic acids is 2. The van der Waals surface area contributed by atoms with Gasteiger partial charge in [-0.15, -0.1) is 0 Å². The molecule has 3 fully saturated rings. The van der Waals surface area contributed by atoms with Crippen LogP contribution in [0.15, 0.2) is 46.6 Å². The molecule has 7 heteroatoms. The number of benzene rings is 1. The number of esters is 1. The third-order valence-corrected chi connectivity index (χ3v) is 10.7. The van der Waals surface area contributed by atoms with Gasteiger partial charge >= 0.3 is 5.97 Å². The van der Waals surface area contributed by atoms with E-state index in [-0.39, 0.29) is 34.4 Å². The summed E-state index contributed by atoms with van der Waals surface area (Å²) >= 11 is 12.4. The number of halogens is 2. The number of hydrogen-bond donors (Lipinski definition) is 1. The second-order valence-electron chi connectivity index (χ2n) is 12.0. The summed E-state index contributed by atoms with van der Waals surface area (Å²) in [5.74, 6) is 0.330. The predicted molar refractivity (Wildman–Crippen MR) is 149 cm³/mol. The molecule has 0 aliphatic heterocycles. The first kappa shape index (κ1) is 27.0. The highest BCUT2D eigenvalue weighted by Gasteiger charge is 2.59. The molecule has 0 radical (unpaired) electrons. The number of allylic oxidation sites excluding steroid dienone is 3. The molecule has 0 unspecified atom stereocenters. The minimum Gasteiger partial charge on any atom is -0.462 e. The van der Waals surface area contributed by atoms with E-state index >= 15 is 0 Å². The Bertz CT molecular complexity index is 1340. The maximum atomic E-state index is 12.5. The van der Waals surface area contributed by atoms with Gasteiger partial charge in [0.1, 0.15) is 17.7 Å². The van der Waals surface area contributed by atoms with Crippen molar-refractivity contribution in [3.8, 4) is 6.07 Å². The van der Waals surface area contributed by atoms with Crippen molar-refractivity contribution in [2.45, 2.75) is 71.8 Å². The molecule has 0 aromatic heterocycles. The molecule has 5 rings (SSSR count). The molecule has 2 N–H and O–H groups in total. The van der Waals surface area contributed by atoms with Crippen LogP contribution in [0.1, 0.15) is 71.3 Å². The van der Waals surface area contributed by atoms with Crippen LogP contribution in [0.5, 0.6) is 0 Å². The zero-order valence-electron chi connectivity index (χ0n) is 22.2. The summed E-state index contributed by atoms with van der Waals surface area (Å²) in [7, 11) is 0. The van der Waals surface area contributed by atoms with Gasteiger partial charge in [-0.1, -0.05) is 60.8 Å². The van der Waals surface area contributed by atoms with Gasteiger partial charge in [0.2, 0.25) is 0 Å². The second-order valence-corrected chi connectivity index (χ2v) is 12.8. The number of nitrogens with zero attached hydrogens (tertiary/aromatic N) is 1. The molecule has 4 aliphatic carbocycles. The molecule has 5 nitrogen and oxygen atoms in total. The number of nitrogens with two attached hydrogens (primary N) is 1. The van der Waals surface area contributed by atoms with Gasteiger partial charge < -0.3 is 10.5 Å². The lowest BCUT2D eigenvalue weighted by Crippen LogP contribution is -2.50. The molecule has 200 valence electrons. The highest BCUT2D eigenvalue weighted by atomic mass is 35.5. The Morgan fingerprint density at radius 1 is 1.11 bits per heavy atom. The standard InChI is InChI=1S/C31H34Cl2N2O3/c1-17(36)38-21-8-10-30(2)20(15-21)5-6-22-24(30)9-11-31(3)25(22)14-19(28(31)23(16-34)29(35)37)12-18-4-7-26(32)27(33)13-18/h4-5,7,12-13,21-22,24-25H,6,8-11,14-15H2,1-3H3,(H2,35,37)/b19-12+,28-23+/t21-,22+,24-,25-,30-,31-/m0/s1. The molecule has 0 bridgehead atoms. The van der Waals surface area contributed by atoms with Gasteiger partial charge in [0.25, 0.3) is 5.91 Å². The van der Waals surface area contributed by atoms with E-state index in [0.717, 1.165) is 61.7 Å². The maximum Gasteiger partial charge on any atom is 0.302 e. The molecule has 1 amide bonds. The fourth-order valence-electron chi connectivity index (χ4n) is 8.29. The zero-order valence-corrected chi connectivity index (χ0v) is 23.7. The summed E-state index contributed by atoms with van der Waals surface area (Å²) < 4.78 is 5.58. The molecular formula is C31H34Cl2N2O3. The van der Waals surface area contributed by atoms with Crippen LogP contribution < -0.4 is 5.73 Å². The van der Waals surface area contributed by atoms with E-state index in [1.165, 1.54) is 12.5 Å². The van der Waals surface area contributed by atoms with Crippen LogP contribution >= 0.6 is 23.2 Å². The molecule has 3 saturated carbocycles. The van der Waals surface area contributed by atoms with Crippen molar-refractivity contribution >= 4 is 41.2 Å². The minimum atomic E-state index is -0.673. The highest BCUT2D eigenvalue weighted by Crippen LogP contribution is 2.67. The summed E-state index contributed by atoms with van der Waals surface area (Å²) in [6.07, 6.45) is 10.7. The Morgan fingerprint density at radius 2 is 1.84 bits per heavy atom. The smallest absolute Gasteiger partial charge is 0.302 e. The first-order valence-electron chi connectivity index (χ1n) is 13.5. The van der Waals surface area contributed by atoms with Crippen LogP contribution in [0.3, 0.4) is 0 Å². The summed E-state index contributed by atoms with van der Waals surface area (Å²) in [5, 5.41) is 11.0. The van der Waals surface area contributed by atoms with E-state index < -0.39 is 5.91 Å². The van der Waals surface area contributed by atoms with Gasteiger partial charge in [0.05, 0.1) is 10.0 Å². The molecule has 6 atom stereocenters. The van der Waals surface area contributed by atoms with Crippen LogP contribution in [0.4, 0.5) is 0 Å². The number of hydrogen-bond acceptors (Lipinski definition) is 4. The maximum absolute atomic E-state index is 12.5. The third kappa shape index (κ3) is 4.40. The number of primary amides is 1. The van der Waals surface area contributed by atoms with Crippen molar-refractivity contribution in [2.75, 3.05) is 0 Å². The average molecular weight is 554 g/mol. The molecule has 0 spiro atoms. The lowest BCUT2D eigenvalue weighted by molar-refractivity contribution is -0.148. The number of ether oxygens (including phenoxy) is 1. The predicted octanol–water partition coefficient (Wildman–Crippen LogP) is 7.19. The first-order valence-corrected chi connectivity index (χ1v) is 14.2. The van der Waals surface area contributed by atoms with E-state index in [9.17, 15) is 14.9 Å². The Hall–Kier alpha value is -2.55. The normalized spacial score (nSPS) is 36.3. The van der Waals surface area contributed by atoms with Crippen LogP contribution in [-0.2, 0) is 14.3 Å². The summed E-state index contributed by atoms with van der Waals surface area (Å²) in [4.78, 5) is 24.1. The largest absolute Gasteiger partial charge is 0.462 e. The number of carbonyl (C=O) groups is 2. The molecule has 0 heterocycles. The highest BCUT2D eigenvalue weighted by molar-refractivity contribution is 6.42. The third-order valence-electron chi connectivity index (χ3n) is 10.0. The Labute approximate surface area is 234 Å². The fourth-order valence-corrected chi connectivity index (χ4v) is 8.60. The molecule has 1 aromatic rings. The lowest BCUT2D eigenvalue weighted by atomic mass is 9.47. The van der Waals surface area contributed by atoms with Gasteiger partial charge in [0, 0.05) is 13.3 Å². The molecule has 0 saturated heterocycles. The molecule has 1 aromatic carbocycles. The van der Waals surface area contributed by atoms with E-state index in [0.29, 0.717) is 21.9 Å². The molecular weight excluding hydrogens is 519 g/mol. The fraction of sp³-hybridized carbons (Fsp3) is 0.516. The van der Waals surface area contributed by atoms with E-state index in [1.807, 2.05) is 18.2 Å². The van der Waals surface area contributed by atoms with E-state index in [2.05, 4.69) is 26.0 Å². The summed E-state index contributed by atoms with van der Waals surface area (Å²) in [6.45, 7) is 6.10. The van der Waals surface area contributed by atoms with Crippen LogP contribution in [-0.4, -0.2) is 18.0 Å². The van der Waals surface area contributed by atoms with Crippen molar-refractivity contribution in [2.24, 2.45) is 34.3 Å². The topological polar surface area (TPSA) is 93.2 Å². The quantitative estimate of drug-likeness (QED) is 0.186. The van der Waals surface area contributed by atoms with Crippen LogP contribution in [0, 0.1) is 39.9 Å². The average Bonchev–Trinajstić information content (AvgIpc) is 3.13. The molecule has 38 heavy (non-hydrogen) atoms. The van der Waals surface area contributed by atoms with Gasteiger partial charge in [-0.05, 0) is 96.0 Å². The lowest BCUT2D eigenvalue weighted by Gasteiger charge is -2.57. The van der Waals surface area contributed by atoms with Gasteiger partial charge in [-0.2, -0.15) is 5.26 Å². The van der Waals surface area contributed by atoms with Crippen molar-refractivity contribution in [3.05, 3.63) is 62.2 Å². The first-order chi connectivity index (χ1) is 18.0. The van der Waals surface area contributed by atoms with Crippen molar-refractivity contribution in [1.29, 1.82) is 5.26 Å². The van der Waals surface area contributed by atoms with Crippen LogP contribution in [0.25, 0.3) is 6.08 Å². The van der Waals surface area contributed by atoms with Gasteiger partial charge in [0.15, 0.2) is 0 Å². The Kier molecular flexibility index (Phi) is 7.03. The van der Waals surface area contributed by atoms with E-state index in [1.54, 1.807) is 6.07 Å². The minimum absolute atomic E-state index is 0.0345. The number of rotatable bonds is 3. The Morgan fingerprint density at radius 3 is 2.50 bits per heavy atom. The van der Waals surface area contributed by atoms with Gasteiger partial charge in [-0.3, -0.25) is 9.59 Å². The number of amides is 1. The van der Waals surface area contributed by atoms with Crippen molar-refractivity contribution in [3.63, 3.8) is 0 Å². The Balaban J connectivity index is 1.56. The van der Waals surface area contributed by atoms with Gasteiger partial charge in [-0.25, -0.2) is 0 Å². The molecule has 4 aliphatic rings. The second kappa shape index (κ2) is 9.88. The number of nitriles is 1. The zero-order chi connectivity index (χ0) is 27.4. The summed E-state index contributed by atoms with van der Waals surface area (Å²) in [6, 6.07) is 7.63. The number of fused-ring (bicyclic) bond motifs is 5. The summed E-state index contributed by atoms with van der Waals surface area (Å²) in [5.41, 5.74) is 9.69. The van der Waals surface area contributed by atoms with Crippen molar-refractivity contribution < 1.29 is 14.3 Å². The van der Waals surface area contributed by atoms with Crippen LogP contribution in [0.2, 0.25) is 10.0 Å².